The van der Waals surface area contributed by atoms with Gasteiger partial charge in [0.25, 0.3) is 11.6 Å². The number of carbonyl (C=O) groups excluding carboxylic acids is 2. The lowest BCUT2D eigenvalue weighted by atomic mass is 10.2. The summed E-state index contributed by atoms with van der Waals surface area (Å²) >= 11 is 1.22. The molecule has 0 atom stereocenters. The number of rotatable bonds is 6. The fourth-order valence-corrected chi connectivity index (χ4v) is 4.12. The van der Waals surface area contributed by atoms with Gasteiger partial charge >= 0.3 is 5.97 Å². The van der Waals surface area contributed by atoms with E-state index in [2.05, 4.69) is 4.99 Å². The van der Waals surface area contributed by atoms with Gasteiger partial charge in [-0.25, -0.2) is 0 Å². The average molecular weight is 455 g/mol. The molecule has 0 bridgehead atoms. The third kappa shape index (κ3) is 4.52. The first-order valence-electron chi connectivity index (χ1n) is 9.54. The van der Waals surface area contributed by atoms with Crippen molar-refractivity contribution in [3.05, 3.63) is 63.0 Å². The van der Waals surface area contributed by atoms with Crippen LogP contribution in [0.3, 0.4) is 0 Å². The van der Waals surface area contributed by atoms with E-state index >= 15 is 0 Å². The predicted molar refractivity (Wildman–Crippen MR) is 115 cm³/mol. The Morgan fingerprint density at radius 2 is 2.06 bits per heavy atom. The minimum atomic E-state index is -0.583. The average Bonchev–Trinajstić information content (AvgIpc) is 3.35. The van der Waals surface area contributed by atoms with Crippen molar-refractivity contribution in [3.63, 3.8) is 0 Å². The van der Waals surface area contributed by atoms with E-state index in [1.807, 2.05) is 0 Å². The molecule has 0 N–H and O–H groups in total. The zero-order valence-electron chi connectivity index (χ0n) is 16.8. The van der Waals surface area contributed by atoms with Crippen LogP contribution in [-0.2, 0) is 20.9 Å². The number of amides is 1. The van der Waals surface area contributed by atoms with Crippen molar-refractivity contribution in [2.24, 2.45) is 4.99 Å². The summed E-state index contributed by atoms with van der Waals surface area (Å²) in [5.74, 6) is 0.0634. The van der Waals surface area contributed by atoms with Crippen LogP contribution in [0.25, 0.3) is 16.3 Å². The monoisotopic (exact) mass is 455 g/mol. The lowest BCUT2D eigenvalue weighted by Crippen LogP contribution is -2.22. The maximum absolute atomic E-state index is 12.5. The van der Waals surface area contributed by atoms with Crippen LogP contribution in [0.15, 0.2) is 47.5 Å². The van der Waals surface area contributed by atoms with Crippen LogP contribution in [0.2, 0.25) is 0 Å². The van der Waals surface area contributed by atoms with Gasteiger partial charge in [0.2, 0.25) is 6.79 Å². The minimum Gasteiger partial charge on any atom is -0.465 e. The Hall–Kier alpha value is -3.99. The maximum Gasteiger partial charge on any atom is 0.326 e. The molecule has 32 heavy (non-hydrogen) atoms. The molecule has 164 valence electrons. The molecule has 0 saturated carbocycles. The molecule has 4 rings (SSSR count). The van der Waals surface area contributed by atoms with Gasteiger partial charge in [-0.2, -0.15) is 4.99 Å². The van der Waals surface area contributed by atoms with Gasteiger partial charge in [0.15, 0.2) is 16.3 Å². The zero-order valence-corrected chi connectivity index (χ0v) is 17.7. The number of esters is 1. The lowest BCUT2D eigenvalue weighted by molar-refractivity contribution is -0.384. The third-order valence-corrected chi connectivity index (χ3v) is 5.52. The van der Waals surface area contributed by atoms with Crippen LogP contribution in [0, 0.1) is 10.1 Å². The topological polar surface area (TPSA) is 122 Å². The number of aromatic nitrogens is 1. The number of carbonyl (C=O) groups is 2. The van der Waals surface area contributed by atoms with E-state index in [1.165, 1.54) is 41.7 Å². The highest BCUT2D eigenvalue weighted by Gasteiger charge is 2.19. The van der Waals surface area contributed by atoms with Gasteiger partial charge in [-0.1, -0.05) is 23.5 Å². The minimum absolute atomic E-state index is 0.0780. The summed E-state index contributed by atoms with van der Waals surface area (Å²) in [6.45, 7) is 1.92. The van der Waals surface area contributed by atoms with Gasteiger partial charge < -0.3 is 18.8 Å². The maximum atomic E-state index is 12.5. The second kappa shape index (κ2) is 9.02. The molecule has 1 aliphatic rings. The van der Waals surface area contributed by atoms with Crippen LogP contribution < -0.4 is 14.3 Å². The Balaban J connectivity index is 1.70. The van der Waals surface area contributed by atoms with Crippen molar-refractivity contribution in [3.8, 4) is 11.5 Å². The highest BCUT2D eigenvalue weighted by atomic mass is 32.1. The third-order valence-electron chi connectivity index (χ3n) is 4.47. The number of thiazole rings is 1. The van der Waals surface area contributed by atoms with Crippen LogP contribution in [0.5, 0.6) is 11.5 Å². The summed E-state index contributed by atoms with van der Waals surface area (Å²) in [7, 11) is 0. The largest absolute Gasteiger partial charge is 0.465 e. The highest BCUT2D eigenvalue weighted by Crippen LogP contribution is 2.37. The van der Waals surface area contributed by atoms with Crippen molar-refractivity contribution in [2.75, 3.05) is 13.4 Å². The zero-order chi connectivity index (χ0) is 22.7. The fourth-order valence-electron chi connectivity index (χ4n) is 3.07. The van der Waals surface area contributed by atoms with E-state index in [1.54, 1.807) is 29.7 Å². The molecule has 0 saturated heterocycles. The summed E-state index contributed by atoms with van der Waals surface area (Å²) in [4.78, 5) is 39.4. The van der Waals surface area contributed by atoms with Gasteiger partial charge in [0.1, 0.15) is 6.54 Å². The van der Waals surface area contributed by atoms with Crippen molar-refractivity contribution < 1.29 is 28.7 Å². The van der Waals surface area contributed by atoms with Gasteiger partial charge in [0, 0.05) is 30.3 Å². The van der Waals surface area contributed by atoms with Crippen molar-refractivity contribution in [2.45, 2.75) is 13.5 Å². The Morgan fingerprint density at radius 3 is 2.81 bits per heavy atom. The number of hydrogen-bond acceptors (Lipinski definition) is 8. The van der Waals surface area contributed by atoms with Crippen molar-refractivity contribution in [1.82, 2.24) is 4.57 Å². The second-order valence-corrected chi connectivity index (χ2v) is 7.59. The standard InChI is InChI=1S/C21H17N3O7S/c1-2-29-20(26)11-23-15-9-16-17(31-12-30-16)10-18(15)32-21(23)22-19(25)7-6-13-4-3-5-14(8-13)24(27)28/h3-10H,2,11-12H2,1H3/b7-6+,22-21?. The molecule has 2 heterocycles. The number of nitro groups is 1. The quantitative estimate of drug-likeness (QED) is 0.242. The first-order valence-corrected chi connectivity index (χ1v) is 10.4. The lowest BCUT2D eigenvalue weighted by Gasteiger charge is -2.05. The van der Waals surface area contributed by atoms with E-state index in [-0.39, 0.29) is 25.6 Å². The Bertz CT molecular complexity index is 1320. The number of benzene rings is 2. The Morgan fingerprint density at radius 1 is 1.28 bits per heavy atom. The molecule has 0 fully saturated rings. The first kappa shape index (κ1) is 21.2. The van der Waals surface area contributed by atoms with Gasteiger partial charge in [0.05, 0.1) is 21.7 Å². The molecule has 0 spiro atoms. The Labute approximate surface area is 185 Å². The summed E-state index contributed by atoms with van der Waals surface area (Å²) in [5.41, 5.74) is 1.07. The number of non-ortho nitro benzene ring substituents is 1. The molecular formula is C21H17N3O7S. The summed E-state index contributed by atoms with van der Waals surface area (Å²) in [5, 5.41) is 10.9. The molecular weight excluding hydrogens is 438 g/mol. The molecule has 1 aliphatic heterocycles. The van der Waals surface area contributed by atoms with Crippen molar-refractivity contribution >= 4 is 45.2 Å². The Kier molecular flexibility index (Phi) is 5.99. The molecule has 1 aromatic heterocycles. The molecule has 10 nitrogen and oxygen atoms in total. The van der Waals surface area contributed by atoms with E-state index in [0.29, 0.717) is 27.4 Å². The predicted octanol–water partition coefficient (Wildman–Crippen LogP) is 3.04. The number of fused-ring (bicyclic) bond motifs is 2. The summed E-state index contributed by atoms with van der Waals surface area (Å²) < 4.78 is 18.2. The smallest absolute Gasteiger partial charge is 0.326 e. The summed E-state index contributed by atoms with van der Waals surface area (Å²) in [6.07, 6.45) is 2.66. The molecule has 1 amide bonds. The number of nitrogens with zero attached hydrogens (tertiary/aromatic N) is 3. The van der Waals surface area contributed by atoms with Crippen molar-refractivity contribution in [1.29, 1.82) is 0 Å². The van der Waals surface area contributed by atoms with Crippen LogP contribution in [0.1, 0.15) is 12.5 Å². The van der Waals surface area contributed by atoms with Crippen LogP contribution in [0.4, 0.5) is 5.69 Å². The summed E-state index contributed by atoms with van der Waals surface area (Å²) in [6, 6.07) is 9.39. The van der Waals surface area contributed by atoms with Crippen LogP contribution >= 0.6 is 11.3 Å². The molecule has 11 heteroatoms. The SMILES string of the molecule is CCOC(=O)Cn1c(=NC(=O)/C=C/c2cccc([N+](=O)[O-])c2)sc2cc3c(cc21)OCO3. The van der Waals surface area contributed by atoms with E-state index < -0.39 is 16.8 Å². The molecule has 0 unspecified atom stereocenters. The van der Waals surface area contributed by atoms with Gasteiger partial charge in [-0.3, -0.25) is 19.7 Å². The normalized spacial score (nSPS) is 13.1. The molecule has 2 aromatic carbocycles. The van der Waals surface area contributed by atoms with E-state index in [9.17, 15) is 19.7 Å². The molecule has 3 aromatic rings. The van der Waals surface area contributed by atoms with E-state index in [0.717, 1.165) is 4.70 Å². The second-order valence-electron chi connectivity index (χ2n) is 6.58. The fraction of sp³-hybridized carbons (Fsp3) is 0.190. The van der Waals surface area contributed by atoms with E-state index in [4.69, 9.17) is 14.2 Å². The number of ether oxygens (including phenoxy) is 3. The first-order chi connectivity index (χ1) is 15.4. The van der Waals surface area contributed by atoms with Gasteiger partial charge in [-0.15, -0.1) is 0 Å². The number of nitro benzene ring substituents is 1. The number of hydrogen-bond donors (Lipinski definition) is 0. The van der Waals surface area contributed by atoms with Crippen LogP contribution in [-0.4, -0.2) is 34.8 Å². The van der Waals surface area contributed by atoms with Gasteiger partial charge in [-0.05, 0) is 18.6 Å². The molecule has 0 aliphatic carbocycles. The highest BCUT2D eigenvalue weighted by molar-refractivity contribution is 7.16. The molecule has 0 radical (unpaired) electrons.